The van der Waals surface area contributed by atoms with Crippen LogP contribution in [0.4, 0.5) is 16.6 Å². The van der Waals surface area contributed by atoms with Crippen LogP contribution in [0, 0.1) is 0 Å². The van der Waals surface area contributed by atoms with Gasteiger partial charge >= 0.3 is 0 Å². The summed E-state index contributed by atoms with van der Waals surface area (Å²) in [4.78, 5) is 29.2. The number of thiazole rings is 1. The fraction of sp³-hybridized carbons (Fsp3) is 0.105. The Balaban J connectivity index is 1.77. The molecule has 3 aromatic rings. The van der Waals surface area contributed by atoms with Crippen LogP contribution < -0.4 is 16.8 Å². The second kappa shape index (κ2) is 9.49. The van der Waals surface area contributed by atoms with Gasteiger partial charge in [0.2, 0.25) is 11.7 Å². The van der Waals surface area contributed by atoms with Crippen LogP contribution in [0.15, 0.2) is 47.4 Å². The topological polar surface area (TPSA) is 111 Å². The number of hydrogen-bond donors (Lipinski definition) is 3. The SMILES string of the molecule is NC(=O)CCSc1cccc(Nc2nc(N)c(C(=O)c3c(Cl)cccc3Cl)s2)c1. The monoisotopic (exact) mass is 466 g/mol. The maximum atomic E-state index is 12.9. The zero-order valence-electron chi connectivity index (χ0n) is 14.9. The van der Waals surface area contributed by atoms with E-state index in [0.717, 1.165) is 21.9 Å². The first-order valence-corrected chi connectivity index (χ1v) is 10.9. The third kappa shape index (κ3) is 5.42. The number of nitrogens with zero attached hydrogens (tertiary/aromatic N) is 1. The van der Waals surface area contributed by atoms with Crippen LogP contribution in [0.5, 0.6) is 0 Å². The number of aromatic nitrogens is 1. The molecule has 0 bridgehead atoms. The van der Waals surface area contributed by atoms with Crippen molar-refractivity contribution in [3.05, 3.63) is 63.0 Å². The lowest BCUT2D eigenvalue weighted by Gasteiger charge is -2.05. The van der Waals surface area contributed by atoms with E-state index < -0.39 is 0 Å². The van der Waals surface area contributed by atoms with Gasteiger partial charge in [-0.3, -0.25) is 9.59 Å². The predicted octanol–water partition coefficient (Wildman–Crippen LogP) is 4.97. The molecule has 3 rings (SSSR count). The maximum absolute atomic E-state index is 12.9. The normalized spacial score (nSPS) is 10.7. The first kappa shape index (κ1) is 21.4. The summed E-state index contributed by atoms with van der Waals surface area (Å²) in [6.07, 6.45) is 0.307. The quantitative estimate of drug-likeness (QED) is 0.319. The number of rotatable bonds is 8. The van der Waals surface area contributed by atoms with E-state index in [-0.39, 0.29) is 38.0 Å². The molecule has 0 radical (unpaired) electrons. The number of carbonyl (C=O) groups is 2. The summed E-state index contributed by atoms with van der Waals surface area (Å²) < 4.78 is 0. The van der Waals surface area contributed by atoms with E-state index in [1.165, 1.54) is 11.8 Å². The predicted molar refractivity (Wildman–Crippen MR) is 121 cm³/mol. The van der Waals surface area contributed by atoms with E-state index in [9.17, 15) is 9.59 Å². The van der Waals surface area contributed by atoms with Crippen molar-refractivity contribution in [2.24, 2.45) is 5.73 Å². The standard InChI is InChI=1S/C19H16Cl2N4O2S2/c20-12-5-2-6-13(21)15(12)16(27)17-18(23)25-19(29-17)24-10-3-1-4-11(9-10)28-8-7-14(22)26/h1-6,9H,7-8,23H2,(H2,22,26)(H,24,25). The lowest BCUT2D eigenvalue weighted by molar-refractivity contribution is -0.117. The Kier molecular flexibility index (Phi) is 7.02. The molecular formula is C19H16Cl2N4O2S2. The number of primary amides is 1. The van der Waals surface area contributed by atoms with Crippen molar-refractivity contribution in [2.75, 3.05) is 16.8 Å². The van der Waals surface area contributed by atoms with Gasteiger partial charge in [0.25, 0.3) is 0 Å². The highest BCUT2D eigenvalue weighted by Gasteiger charge is 2.22. The van der Waals surface area contributed by atoms with E-state index in [1.54, 1.807) is 18.2 Å². The summed E-state index contributed by atoms with van der Waals surface area (Å²) in [5, 5.41) is 4.12. The molecule has 1 heterocycles. The van der Waals surface area contributed by atoms with Crippen molar-refractivity contribution in [3.63, 3.8) is 0 Å². The van der Waals surface area contributed by atoms with Gasteiger partial charge in [-0.1, -0.05) is 46.7 Å². The molecule has 0 saturated heterocycles. The lowest BCUT2D eigenvalue weighted by atomic mass is 10.1. The van der Waals surface area contributed by atoms with E-state index in [1.807, 2.05) is 24.3 Å². The first-order valence-electron chi connectivity index (χ1n) is 8.38. The Morgan fingerprint density at radius 3 is 2.52 bits per heavy atom. The molecule has 29 heavy (non-hydrogen) atoms. The van der Waals surface area contributed by atoms with E-state index in [2.05, 4.69) is 10.3 Å². The highest BCUT2D eigenvalue weighted by molar-refractivity contribution is 7.99. The number of nitrogens with two attached hydrogens (primary N) is 2. The van der Waals surface area contributed by atoms with Crippen LogP contribution >= 0.6 is 46.3 Å². The highest BCUT2D eigenvalue weighted by atomic mass is 35.5. The van der Waals surface area contributed by atoms with Gasteiger partial charge in [-0.05, 0) is 30.3 Å². The average Bonchev–Trinajstić information content (AvgIpc) is 3.01. The molecule has 0 saturated carbocycles. The Morgan fingerprint density at radius 2 is 1.83 bits per heavy atom. The van der Waals surface area contributed by atoms with Gasteiger partial charge in [0.05, 0.1) is 15.6 Å². The number of thioether (sulfide) groups is 1. The van der Waals surface area contributed by atoms with Gasteiger partial charge in [-0.25, -0.2) is 4.98 Å². The number of halogens is 2. The molecule has 0 aliphatic rings. The molecular weight excluding hydrogens is 451 g/mol. The summed E-state index contributed by atoms with van der Waals surface area (Å²) in [7, 11) is 0. The highest BCUT2D eigenvalue weighted by Crippen LogP contribution is 2.34. The smallest absolute Gasteiger partial charge is 0.218 e. The summed E-state index contributed by atoms with van der Waals surface area (Å²) >= 11 is 14.9. The average molecular weight is 467 g/mol. The molecule has 0 fully saturated rings. The third-order valence-electron chi connectivity index (χ3n) is 3.75. The lowest BCUT2D eigenvalue weighted by Crippen LogP contribution is -2.10. The number of amides is 1. The van der Waals surface area contributed by atoms with E-state index in [0.29, 0.717) is 17.3 Å². The van der Waals surface area contributed by atoms with Gasteiger partial charge in [0.15, 0.2) is 5.13 Å². The summed E-state index contributed by atoms with van der Waals surface area (Å²) in [5.74, 6) is -0.00834. The molecule has 150 valence electrons. The molecule has 6 nitrogen and oxygen atoms in total. The molecule has 0 aliphatic heterocycles. The largest absolute Gasteiger partial charge is 0.382 e. The van der Waals surface area contributed by atoms with Crippen LogP contribution in [-0.4, -0.2) is 22.4 Å². The molecule has 0 aliphatic carbocycles. The minimum absolute atomic E-state index is 0.102. The van der Waals surface area contributed by atoms with Gasteiger partial charge in [0, 0.05) is 22.8 Å². The Morgan fingerprint density at radius 1 is 1.14 bits per heavy atom. The number of hydrogen-bond acceptors (Lipinski definition) is 7. The first-order chi connectivity index (χ1) is 13.8. The number of anilines is 3. The van der Waals surface area contributed by atoms with Crippen molar-refractivity contribution in [3.8, 4) is 0 Å². The minimum atomic E-state index is -0.376. The van der Waals surface area contributed by atoms with E-state index in [4.69, 9.17) is 34.7 Å². The molecule has 0 unspecified atom stereocenters. The number of benzene rings is 2. The molecule has 1 amide bonds. The fourth-order valence-corrected chi connectivity index (χ4v) is 4.78. The molecule has 1 aromatic heterocycles. The maximum Gasteiger partial charge on any atom is 0.218 e. The van der Waals surface area contributed by atoms with Gasteiger partial charge < -0.3 is 16.8 Å². The van der Waals surface area contributed by atoms with Gasteiger partial charge in [-0.15, -0.1) is 11.8 Å². The van der Waals surface area contributed by atoms with Gasteiger partial charge in [-0.2, -0.15) is 0 Å². The van der Waals surface area contributed by atoms with Crippen LogP contribution in [0.3, 0.4) is 0 Å². The van der Waals surface area contributed by atoms with Crippen molar-refractivity contribution in [2.45, 2.75) is 11.3 Å². The van der Waals surface area contributed by atoms with Crippen molar-refractivity contribution >= 4 is 74.6 Å². The molecule has 0 spiro atoms. The fourth-order valence-electron chi connectivity index (χ4n) is 2.43. The van der Waals surface area contributed by atoms with Crippen molar-refractivity contribution < 1.29 is 9.59 Å². The third-order valence-corrected chi connectivity index (χ3v) is 6.36. The Hall–Kier alpha value is -2.26. The van der Waals surface area contributed by atoms with Crippen molar-refractivity contribution in [1.82, 2.24) is 4.98 Å². The number of ketones is 1. The summed E-state index contributed by atoms with van der Waals surface area (Å²) in [6, 6.07) is 12.4. The second-order valence-electron chi connectivity index (χ2n) is 5.88. The van der Waals surface area contributed by atoms with Crippen LogP contribution in [0.2, 0.25) is 10.0 Å². The Labute approximate surface area is 185 Å². The van der Waals surface area contributed by atoms with E-state index >= 15 is 0 Å². The van der Waals surface area contributed by atoms with Crippen molar-refractivity contribution in [1.29, 1.82) is 0 Å². The van der Waals surface area contributed by atoms with Crippen LogP contribution in [-0.2, 0) is 4.79 Å². The number of nitrogens with one attached hydrogen (secondary N) is 1. The van der Waals surface area contributed by atoms with Crippen LogP contribution in [0.1, 0.15) is 21.7 Å². The van der Waals surface area contributed by atoms with Gasteiger partial charge in [0.1, 0.15) is 10.7 Å². The minimum Gasteiger partial charge on any atom is -0.382 e. The zero-order valence-corrected chi connectivity index (χ0v) is 18.1. The Bertz CT molecular complexity index is 1050. The zero-order chi connectivity index (χ0) is 21.0. The molecule has 2 aromatic carbocycles. The van der Waals surface area contributed by atoms with Crippen LogP contribution in [0.25, 0.3) is 0 Å². The number of nitrogen functional groups attached to an aromatic ring is 1. The molecule has 10 heteroatoms. The summed E-state index contributed by atoms with van der Waals surface area (Å²) in [6.45, 7) is 0. The summed E-state index contributed by atoms with van der Waals surface area (Å²) in [5.41, 5.74) is 12.1. The second-order valence-corrected chi connectivity index (χ2v) is 8.86. The molecule has 5 N–H and O–H groups in total. The number of carbonyl (C=O) groups excluding carboxylic acids is 2. The molecule has 0 atom stereocenters.